The van der Waals surface area contributed by atoms with Crippen molar-refractivity contribution in [1.29, 1.82) is 0 Å². The number of aromatic nitrogens is 1. The molecule has 0 unspecified atom stereocenters. The van der Waals surface area contributed by atoms with Gasteiger partial charge in [-0.15, -0.1) is 0 Å². The first-order chi connectivity index (χ1) is 11.2. The van der Waals surface area contributed by atoms with Crippen molar-refractivity contribution >= 4 is 0 Å². The highest BCUT2D eigenvalue weighted by Crippen LogP contribution is 2.31. The standard InChI is InChI=1S/C20H22FNO/c21-18-10-3-2-9-16(18)17-12-15-8-1-4-11-19(15)22(20(17)23)13-14-6-5-7-14/h2-3,9-10,12,14H,1,4-8,11,13H2. The molecule has 2 nitrogen and oxygen atoms in total. The maximum Gasteiger partial charge on any atom is 0.258 e. The molecule has 0 amide bonds. The van der Waals surface area contributed by atoms with Crippen molar-refractivity contribution in [3.63, 3.8) is 0 Å². The SMILES string of the molecule is O=c1c(-c2ccccc2F)cc2c(n1CC1CCC1)CCCC2. The lowest BCUT2D eigenvalue weighted by Gasteiger charge is -2.30. The first kappa shape index (κ1) is 14.7. The molecule has 2 aliphatic rings. The topological polar surface area (TPSA) is 22.0 Å². The molecule has 4 rings (SSSR count). The third-order valence-electron chi connectivity index (χ3n) is 5.43. The summed E-state index contributed by atoms with van der Waals surface area (Å²) in [4.78, 5) is 13.1. The van der Waals surface area contributed by atoms with Crippen LogP contribution >= 0.6 is 0 Å². The minimum atomic E-state index is -0.310. The Balaban J connectivity index is 1.88. The molecule has 0 N–H and O–H groups in total. The Labute approximate surface area is 136 Å². The van der Waals surface area contributed by atoms with Gasteiger partial charge in [-0.2, -0.15) is 0 Å². The molecule has 120 valence electrons. The van der Waals surface area contributed by atoms with E-state index in [4.69, 9.17) is 0 Å². The van der Waals surface area contributed by atoms with Crippen LogP contribution in [0.3, 0.4) is 0 Å². The predicted octanol–water partition coefficient (Wildman–Crippen LogP) is 4.33. The fraction of sp³-hybridized carbons (Fsp3) is 0.450. The Morgan fingerprint density at radius 3 is 2.57 bits per heavy atom. The Morgan fingerprint density at radius 2 is 1.83 bits per heavy atom. The van der Waals surface area contributed by atoms with Gasteiger partial charge in [-0.05, 0) is 62.1 Å². The number of halogens is 1. The van der Waals surface area contributed by atoms with Crippen LogP contribution in [0.2, 0.25) is 0 Å². The van der Waals surface area contributed by atoms with Gasteiger partial charge in [0.2, 0.25) is 0 Å². The van der Waals surface area contributed by atoms with E-state index in [9.17, 15) is 9.18 Å². The van der Waals surface area contributed by atoms with E-state index in [0.717, 1.165) is 32.2 Å². The molecule has 3 heteroatoms. The number of fused-ring (bicyclic) bond motifs is 1. The maximum absolute atomic E-state index is 14.2. The van der Waals surface area contributed by atoms with Crippen molar-refractivity contribution in [1.82, 2.24) is 4.57 Å². The summed E-state index contributed by atoms with van der Waals surface area (Å²) in [6.07, 6.45) is 7.99. The van der Waals surface area contributed by atoms with E-state index in [1.165, 1.54) is 36.6 Å². The molecule has 0 bridgehead atoms. The Morgan fingerprint density at radius 1 is 1.04 bits per heavy atom. The first-order valence-corrected chi connectivity index (χ1v) is 8.74. The molecule has 0 radical (unpaired) electrons. The van der Waals surface area contributed by atoms with Crippen LogP contribution in [0.4, 0.5) is 4.39 Å². The summed E-state index contributed by atoms with van der Waals surface area (Å²) in [5.74, 6) is 0.310. The number of pyridine rings is 1. The first-order valence-electron chi connectivity index (χ1n) is 8.74. The predicted molar refractivity (Wildman–Crippen MR) is 90.1 cm³/mol. The zero-order valence-corrected chi connectivity index (χ0v) is 13.4. The van der Waals surface area contributed by atoms with Crippen LogP contribution in [0.1, 0.15) is 43.4 Å². The highest BCUT2D eigenvalue weighted by molar-refractivity contribution is 5.64. The number of rotatable bonds is 3. The molecule has 1 aromatic heterocycles. The highest BCUT2D eigenvalue weighted by atomic mass is 19.1. The lowest BCUT2D eigenvalue weighted by atomic mass is 9.84. The van der Waals surface area contributed by atoms with Gasteiger partial charge in [0.1, 0.15) is 5.82 Å². The van der Waals surface area contributed by atoms with Gasteiger partial charge in [-0.1, -0.05) is 24.6 Å². The molecule has 0 atom stereocenters. The second-order valence-electron chi connectivity index (χ2n) is 6.93. The lowest BCUT2D eigenvalue weighted by Crippen LogP contribution is -2.32. The summed E-state index contributed by atoms with van der Waals surface area (Å²) in [5, 5.41) is 0. The van der Waals surface area contributed by atoms with Crippen molar-refractivity contribution in [3.05, 3.63) is 57.8 Å². The molecule has 2 aromatic rings. The number of hydrogen-bond acceptors (Lipinski definition) is 1. The van der Waals surface area contributed by atoms with E-state index in [0.29, 0.717) is 17.0 Å². The molecule has 1 saturated carbocycles. The van der Waals surface area contributed by atoms with Gasteiger partial charge in [0, 0.05) is 17.8 Å². The van der Waals surface area contributed by atoms with E-state index in [1.54, 1.807) is 18.2 Å². The summed E-state index contributed by atoms with van der Waals surface area (Å²) >= 11 is 0. The van der Waals surface area contributed by atoms with Crippen molar-refractivity contribution in [2.24, 2.45) is 5.92 Å². The molecule has 0 spiro atoms. The fourth-order valence-electron chi connectivity index (χ4n) is 3.88. The van der Waals surface area contributed by atoms with Crippen molar-refractivity contribution in [3.8, 4) is 11.1 Å². The van der Waals surface area contributed by atoms with Crippen LogP contribution in [0.25, 0.3) is 11.1 Å². The molecular formula is C20H22FNO. The summed E-state index contributed by atoms with van der Waals surface area (Å²) in [6, 6.07) is 8.57. The monoisotopic (exact) mass is 311 g/mol. The lowest BCUT2D eigenvalue weighted by molar-refractivity contribution is 0.269. The second-order valence-corrected chi connectivity index (χ2v) is 6.93. The second kappa shape index (κ2) is 5.95. The fourth-order valence-corrected chi connectivity index (χ4v) is 3.88. The zero-order chi connectivity index (χ0) is 15.8. The van der Waals surface area contributed by atoms with Gasteiger partial charge in [0.05, 0.1) is 5.56 Å². The minimum absolute atomic E-state index is 0.0114. The minimum Gasteiger partial charge on any atom is -0.312 e. The van der Waals surface area contributed by atoms with Gasteiger partial charge in [-0.25, -0.2) is 4.39 Å². The van der Waals surface area contributed by atoms with E-state index < -0.39 is 0 Å². The zero-order valence-electron chi connectivity index (χ0n) is 13.4. The van der Waals surface area contributed by atoms with Crippen LogP contribution in [0, 0.1) is 11.7 Å². The van der Waals surface area contributed by atoms with E-state index in [-0.39, 0.29) is 11.4 Å². The van der Waals surface area contributed by atoms with E-state index >= 15 is 0 Å². The average molecular weight is 311 g/mol. The normalized spacial score (nSPS) is 17.6. The summed E-state index contributed by atoms with van der Waals surface area (Å²) < 4.78 is 16.2. The molecular weight excluding hydrogens is 289 g/mol. The van der Waals surface area contributed by atoms with Crippen molar-refractivity contribution in [2.75, 3.05) is 0 Å². The van der Waals surface area contributed by atoms with Crippen molar-refractivity contribution < 1.29 is 4.39 Å². The third kappa shape index (κ3) is 2.62. The largest absolute Gasteiger partial charge is 0.312 e. The van der Waals surface area contributed by atoms with Crippen LogP contribution in [0.5, 0.6) is 0 Å². The Kier molecular flexibility index (Phi) is 3.80. The van der Waals surface area contributed by atoms with Crippen LogP contribution in [-0.4, -0.2) is 4.57 Å². The highest BCUT2D eigenvalue weighted by Gasteiger charge is 2.24. The van der Waals surface area contributed by atoms with Crippen LogP contribution < -0.4 is 5.56 Å². The van der Waals surface area contributed by atoms with Crippen molar-refractivity contribution in [2.45, 2.75) is 51.5 Å². The maximum atomic E-state index is 14.2. The van der Waals surface area contributed by atoms with Gasteiger partial charge in [0.15, 0.2) is 0 Å². The van der Waals surface area contributed by atoms with E-state index in [1.807, 2.05) is 10.6 Å². The average Bonchev–Trinajstić information content (AvgIpc) is 2.53. The third-order valence-corrected chi connectivity index (χ3v) is 5.43. The number of benzene rings is 1. The molecule has 1 heterocycles. The molecule has 0 aliphatic heterocycles. The molecule has 1 aromatic carbocycles. The number of nitrogens with zero attached hydrogens (tertiary/aromatic N) is 1. The Hall–Kier alpha value is -1.90. The number of aryl methyl sites for hydroxylation is 1. The molecule has 0 saturated heterocycles. The molecule has 2 aliphatic carbocycles. The quantitative estimate of drug-likeness (QED) is 0.827. The molecule has 1 fully saturated rings. The summed E-state index contributed by atoms with van der Waals surface area (Å²) in [6.45, 7) is 0.809. The van der Waals surface area contributed by atoms with Gasteiger partial charge >= 0.3 is 0 Å². The number of hydrogen-bond donors (Lipinski definition) is 0. The van der Waals surface area contributed by atoms with Gasteiger partial charge in [-0.3, -0.25) is 4.79 Å². The van der Waals surface area contributed by atoms with Crippen LogP contribution in [-0.2, 0) is 19.4 Å². The van der Waals surface area contributed by atoms with E-state index in [2.05, 4.69) is 0 Å². The summed E-state index contributed by atoms with van der Waals surface area (Å²) in [7, 11) is 0. The van der Waals surface area contributed by atoms with Gasteiger partial charge in [0.25, 0.3) is 5.56 Å². The smallest absolute Gasteiger partial charge is 0.258 e. The Bertz CT molecular complexity index is 789. The summed E-state index contributed by atoms with van der Waals surface area (Å²) in [5.41, 5.74) is 3.40. The van der Waals surface area contributed by atoms with Crippen LogP contribution in [0.15, 0.2) is 35.1 Å². The van der Waals surface area contributed by atoms with Gasteiger partial charge < -0.3 is 4.57 Å². The molecule has 23 heavy (non-hydrogen) atoms.